The third-order valence-corrected chi connectivity index (χ3v) is 4.63. The smallest absolute Gasteiger partial charge is 0.254 e. The van der Waals surface area contributed by atoms with E-state index in [1.54, 1.807) is 47.0 Å². The molecule has 1 fully saturated rings. The van der Waals surface area contributed by atoms with Crippen molar-refractivity contribution in [1.82, 2.24) is 19.9 Å². The second-order valence-corrected chi connectivity index (χ2v) is 6.33. The van der Waals surface area contributed by atoms with Crippen molar-refractivity contribution < 1.29 is 14.3 Å². The molecule has 4 rings (SSSR count). The fraction of sp³-hybridized carbons (Fsp3) is 0.278. The minimum absolute atomic E-state index is 0.200. The van der Waals surface area contributed by atoms with E-state index >= 15 is 0 Å². The Morgan fingerprint density at radius 3 is 2.92 bits per heavy atom. The Labute approximate surface area is 143 Å². The highest BCUT2D eigenvalue weighted by Crippen LogP contribution is 2.34. The summed E-state index contributed by atoms with van der Waals surface area (Å²) in [5, 5.41) is 18.0. The number of amides is 1. The minimum Gasteiger partial charge on any atom is -0.391 e. The summed E-state index contributed by atoms with van der Waals surface area (Å²) >= 11 is 0. The Morgan fingerprint density at radius 2 is 2.12 bits per heavy atom. The number of likely N-dealkylation sites (tertiary alicyclic amines) is 1. The summed E-state index contributed by atoms with van der Waals surface area (Å²) < 4.78 is 15.2. The number of benzene rings is 2. The molecule has 6 nitrogen and oxygen atoms in total. The molecule has 1 aliphatic heterocycles. The molecule has 2 atom stereocenters. The van der Waals surface area contributed by atoms with Crippen molar-refractivity contribution in [1.29, 1.82) is 0 Å². The maximum absolute atomic E-state index is 13.6. The van der Waals surface area contributed by atoms with E-state index in [1.165, 1.54) is 12.1 Å². The van der Waals surface area contributed by atoms with Crippen molar-refractivity contribution in [3.05, 3.63) is 59.4 Å². The van der Waals surface area contributed by atoms with Crippen LogP contribution in [0.25, 0.3) is 11.0 Å². The largest absolute Gasteiger partial charge is 0.391 e. The molecule has 128 valence electrons. The molecule has 0 unspecified atom stereocenters. The molecular formula is C18H17FN4O2. The first-order valence-corrected chi connectivity index (χ1v) is 8.07. The van der Waals surface area contributed by atoms with Gasteiger partial charge in [0.25, 0.3) is 5.91 Å². The number of fused-ring (bicyclic) bond motifs is 1. The molecule has 0 spiro atoms. The lowest BCUT2D eigenvalue weighted by Gasteiger charge is -2.25. The van der Waals surface area contributed by atoms with Gasteiger partial charge < -0.3 is 10.0 Å². The molecule has 1 aromatic heterocycles. The van der Waals surface area contributed by atoms with Gasteiger partial charge in [-0.05, 0) is 42.3 Å². The second kappa shape index (κ2) is 5.93. The summed E-state index contributed by atoms with van der Waals surface area (Å²) in [4.78, 5) is 14.6. The predicted molar refractivity (Wildman–Crippen MR) is 89.3 cm³/mol. The van der Waals surface area contributed by atoms with Gasteiger partial charge in [0.05, 0.1) is 17.7 Å². The first-order valence-electron chi connectivity index (χ1n) is 8.07. The lowest BCUT2D eigenvalue weighted by Crippen LogP contribution is -2.31. The molecule has 0 bridgehead atoms. The van der Waals surface area contributed by atoms with Crippen LogP contribution < -0.4 is 0 Å². The minimum atomic E-state index is -0.626. The summed E-state index contributed by atoms with van der Waals surface area (Å²) in [5.41, 5.74) is 2.65. The van der Waals surface area contributed by atoms with Crippen LogP contribution in [0.15, 0.2) is 42.5 Å². The van der Waals surface area contributed by atoms with Crippen LogP contribution in [0.2, 0.25) is 0 Å². The van der Waals surface area contributed by atoms with Crippen LogP contribution in [0.1, 0.15) is 28.4 Å². The summed E-state index contributed by atoms with van der Waals surface area (Å²) in [7, 11) is 1.76. The molecule has 0 aliphatic carbocycles. The number of carbonyl (C=O) groups is 1. The Kier molecular flexibility index (Phi) is 3.73. The zero-order valence-electron chi connectivity index (χ0n) is 13.6. The average molecular weight is 340 g/mol. The van der Waals surface area contributed by atoms with Crippen molar-refractivity contribution in [2.45, 2.75) is 18.6 Å². The first kappa shape index (κ1) is 15.7. The second-order valence-electron chi connectivity index (χ2n) is 6.33. The number of halogens is 1. The van der Waals surface area contributed by atoms with Crippen molar-refractivity contribution >= 4 is 16.9 Å². The molecular weight excluding hydrogens is 323 g/mol. The maximum atomic E-state index is 13.6. The van der Waals surface area contributed by atoms with Crippen LogP contribution >= 0.6 is 0 Å². The van der Waals surface area contributed by atoms with E-state index < -0.39 is 6.10 Å². The molecule has 1 saturated heterocycles. The highest BCUT2D eigenvalue weighted by Gasteiger charge is 2.36. The van der Waals surface area contributed by atoms with E-state index in [-0.39, 0.29) is 24.3 Å². The Balaban J connectivity index is 1.70. The van der Waals surface area contributed by atoms with Gasteiger partial charge in [0.15, 0.2) is 0 Å². The van der Waals surface area contributed by atoms with Gasteiger partial charge in [-0.2, -0.15) is 0 Å². The van der Waals surface area contributed by atoms with Crippen LogP contribution in [-0.4, -0.2) is 43.6 Å². The van der Waals surface area contributed by atoms with E-state index in [0.29, 0.717) is 23.1 Å². The zero-order valence-corrected chi connectivity index (χ0v) is 13.6. The van der Waals surface area contributed by atoms with Crippen LogP contribution in [0.5, 0.6) is 0 Å². The fourth-order valence-electron chi connectivity index (χ4n) is 3.40. The number of aliphatic hydroxyl groups excluding tert-OH is 1. The molecule has 3 aromatic rings. The van der Waals surface area contributed by atoms with E-state index in [2.05, 4.69) is 10.3 Å². The molecule has 0 saturated carbocycles. The molecule has 7 heteroatoms. The lowest BCUT2D eigenvalue weighted by molar-refractivity contribution is 0.0715. The molecule has 25 heavy (non-hydrogen) atoms. The average Bonchev–Trinajstić information content (AvgIpc) is 3.17. The summed E-state index contributed by atoms with van der Waals surface area (Å²) in [6.45, 7) is 0.224. The summed E-state index contributed by atoms with van der Waals surface area (Å²) in [6, 6.07) is 11.0. The predicted octanol–water partition coefficient (Wildman–Crippen LogP) is 2.06. The van der Waals surface area contributed by atoms with E-state index in [4.69, 9.17) is 0 Å². The summed E-state index contributed by atoms with van der Waals surface area (Å²) in [5.74, 6) is -0.553. The molecule has 2 heterocycles. The van der Waals surface area contributed by atoms with Crippen molar-refractivity contribution in [2.75, 3.05) is 6.54 Å². The molecule has 1 N–H and O–H groups in total. The monoisotopic (exact) mass is 340 g/mol. The number of hydrogen-bond donors (Lipinski definition) is 1. The Bertz CT molecular complexity index is 955. The Morgan fingerprint density at radius 1 is 1.28 bits per heavy atom. The van der Waals surface area contributed by atoms with Crippen LogP contribution in [0.4, 0.5) is 4.39 Å². The van der Waals surface area contributed by atoms with Gasteiger partial charge in [-0.15, -0.1) is 5.10 Å². The summed E-state index contributed by atoms with van der Waals surface area (Å²) in [6.07, 6.45) is -0.232. The van der Waals surface area contributed by atoms with Gasteiger partial charge in [0.2, 0.25) is 0 Å². The van der Waals surface area contributed by atoms with Crippen LogP contribution in [0.3, 0.4) is 0 Å². The number of aromatic nitrogens is 3. The topological polar surface area (TPSA) is 71.2 Å². The third-order valence-electron chi connectivity index (χ3n) is 4.63. The van der Waals surface area contributed by atoms with Crippen molar-refractivity contribution in [3.63, 3.8) is 0 Å². The number of hydrogen-bond acceptors (Lipinski definition) is 4. The third kappa shape index (κ3) is 2.76. The quantitative estimate of drug-likeness (QED) is 0.775. The normalized spacial score (nSPS) is 20.4. The van der Waals surface area contributed by atoms with Gasteiger partial charge >= 0.3 is 0 Å². The highest BCUT2D eigenvalue weighted by atomic mass is 19.1. The standard InChI is InChI=1S/C18H17FN4O2/c1-22-17-8-12(5-6-15(17)20-21-22)18(25)23-10-14(24)9-16(23)11-3-2-4-13(19)7-11/h2-8,14,16,24H,9-10H2,1H3/t14-,16-/m0/s1. The van der Waals surface area contributed by atoms with E-state index in [0.717, 1.165) is 5.52 Å². The van der Waals surface area contributed by atoms with Crippen molar-refractivity contribution in [3.8, 4) is 0 Å². The fourth-order valence-corrected chi connectivity index (χ4v) is 3.40. The molecule has 1 amide bonds. The first-order chi connectivity index (χ1) is 12.0. The number of rotatable bonds is 2. The number of β-amino-alcohol motifs (C(OH)–C–C–N with tert-alkyl or cyclic N) is 1. The number of aryl methyl sites for hydroxylation is 1. The van der Waals surface area contributed by atoms with Gasteiger partial charge in [0, 0.05) is 19.2 Å². The van der Waals surface area contributed by atoms with Gasteiger partial charge in [-0.3, -0.25) is 4.79 Å². The maximum Gasteiger partial charge on any atom is 0.254 e. The molecule has 2 aromatic carbocycles. The highest BCUT2D eigenvalue weighted by molar-refractivity contribution is 5.97. The van der Waals surface area contributed by atoms with E-state index in [1.807, 2.05) is 0 Å². The van der Waals surface area contributed by atoms with E-state index in [9.17, 15) is 14.3 Å². The van der Waals surface area contributed by atoms with Crippen molar-refractivity contribution in [2.24, 2.45) is 7.05 Å². The SMILES string of the molecule is Cn1nnc2ccc(C(=O)N3C[C@@H](O)C[C@H]3c3cccc(F)c3)cc21. The van der Waals surface area contributed by atoms with Crippen LogP contribution in [-0.2, 0) is 7.05 Å². The Hall–Kier alpha value is -2.80. The van der Waals surface area contributed by atoms with Gasteiger partial charge in [0.1, 0.15) is 11.3 Å². The number of nitrogens with zero attached hydrogens (tertiary/aromatic N) is 4. The van der Waals surface area contributed by atoms with Gasteiger partial charge in [-0.25, -0.2) is 9.07 Å². The molecule has 1 aliphatic rings. The van der Waals surface area contributed by atoms with Gasteiger partial charge in [-0.1, -0.05) is 17.3 Å². The lowest BCUT2D eigenvalue weighted by atomic mass is 10.0. The number of aliphatic hydroxyl groups is 1. The zero-order chi connectivity index (χ0) is 17.6. The van der Waals surface area contributed by atoms with Crippen LogP contribution in [0, 0.1) is 5.82 Å². The molecule has 0 radical (unpaired) electrons. The number of carbonyl (C=O) groups excluding carboxylic acids is 1.